The molecule has 0 saturated heterocycles. The number of ether oxygens (including phenoxy) is 1. The van der Waals surface area contributed by atoms with E-state index in [0.29, 0.717) is 22.9 Å². The highest BCUT2D eigenvalue weighted by molar-refractivity contribution is 6.31. The van der Waals surface area contributed by atoms with Crippen molar-refractivity contribution in [1.82, 2.24) is 0 Å². The van der Waals surface area contributed by atoms with Crippen LogP contribution in [0.15, 0.2) is 66.7 Å². The summed E-state index contributed by atoms with van der Waals surface area (Å²) in [6, 6.07) is 20.9. The third-order valence-electron chi connectivity index (χ3n) is 4.69. The molecule has 0 radical (unpaired) electrons. The molecule has 3 rings (SSSR count). The number of carbonyl (C=O) groups excluding carboxylic acids is 1. The number of benzene rings is 3. The van der Waals surface area contributed by atoms with Gasteiger partial charge in [-0.25, -0.2) is 0 Å². The number of para-hydroxylation sites is 1. The number of amides is 1. The van der Waals surface area contributed by atoms with E-state index in [1.807, 2.05) is 42.5 Å². The Hall–Kier alpha value is -2.78. The molecule has 0 aliphatic rings. The Morgan fingerprint density at radius 1 is 0.893 bits per heavy atom. The van der Waals surface area contributed by atoms with E-state index in [2.05, 4.69) is 31.3 Å². The van der Waals surface area contributed by atoms with E-state index >= 15 is 0 Å². The van der Waals surface area contributed by atoms with Crippen LogP contribution in [0.5, 0.6) is 5.75 Å². The van der Waals surface area contributed by atoms with E-state index in [0.717, 1.165) is 35.2 Å². The minimum Gasteiger partial charge on any atom is -0.489 e. The average molecular weight is 394 g/mol. The van der Waals surface area contributed by atoms with Crippen LogP contribution in [0, 0.1) is 0 Å². The van der Waals surface area contributed by atoms with Crippen LogP contribution in [-0.2, 0) is 19.4 Å². The van der Waals surface area contributed by atoms with E-state index in [1.54, 1.807) is 12.1 Å². The molecule has 3 aromatic rings. The van der Waals surface area contributed by atoms with Gasteiger partial charge in [-0.3, -0.25) is 4.79 Å². The molecular weight excluding hydrogens is 370 g/mol. The first-order chi connectivity index (χ1) is 13.6. The van der Waals surface area contributed by atoms with Gasteiger partial charge in [0.2, 0.25) is 0 Å². The standard InChI is InChI=1S/C24H24ClNO2/c1-3-17-10-7-11-18(4-2)23(17)26-24(27)19-12-8-13-21(15-19)28-16-20-9-5-6-14-22(20)25/h5-15H,3-4,16H2,1-2H3,(H,26,27). The highest BCUT2D eigenvalue weighted by atomic mass is 35.5. The maximum atomic E-state index is 12.8. The van der Waals surface area contributed by atoms with Crippen molar-refractivity contribution < 1.29 is 9.53 Å². The van der Waals surface area contributed by atoms with Crippen molar-refractivity contribution in [2.24, 2.45) is 0 Å². The van der Waals surface area contributed by atoms with Gasteiger partial charge in [0.15, 0.2) is 0 Å². The molecule has 0 spiro atoms. The van der Waals surface area contributed by atoms with Gasteiger partial charge in [0, 0.05) is 21.8 Å². The van der Waals surface area contributed by atoms with Crippen LogP contribution in [-0.4, -0.2) is 5.91 Å². The second-order valence-corrected chi connectivity index (χ2v) is 6.93. The van der Waals surface area contributed by atoms with E-state index in [-0.39, 0.29) is 5.91 Å². The Kier molecular flexibility index (Phi) is 6.72. The summed E-state index contributed by atoms with van der Waals surface area (Å²) in [6.07, 6.45) is 1.73. The summed E-state index contributed by atoms with van der Waals surface area (Å²) < 4.78 is 5.84. The summed E-state index contributed by atoms with van der Waals surface area (Å²) in [4.78, 5) is 12.8. The fourth-order valence-corrected chi connectivity index (χ4v) is 3.28. The van der Waals surface area contributed by atoms with E-state index in [9.17, 15) is 4.79 Å². The summed E-state index contributed by atoms with van der Waals surface area (Å²) >= 11 is 6.18. The van der Waals surface area contributed by atoms with Crippen molar-refractivity contribution in [3.05, 3.63) is 94.0 Å². The van der Waals surface area contributed by atoms with E-state index < -0.39 is 0 Å². The lowest BCUT2D eigenvalue weighted by Crippen LogP contribution is -2.15. The van der Waals surface area contributed by atoms with Gasteiger partial charge in [0.1, 0.15) is 12.4 Å². The zero-order valence-corrected chi connectivity index (χ0v) is 16.9. The second-order valence-electron chi connectivity index (χ2n) is 6.52. The molecule has 4 heteroatoms. The number of anilines is 1. The number of aryl methyl sites for hydroxylation is 2. The number of halogens is 1. The van der Waals surface area contributed by atoms with Gasteiger partial charge in [-0.05, 0) is 48.2 Å². The van der Waals surface area contributed by atoms with E-state index in [4.69, 9.17) is 16.3 Å². The fraction of sp³-hybridized carbons (Fsp3) is 0.208. The molecular formula is C24H24ClNO2. The molecule has 0 heterocycles. The molecule has 28 heavy (non-hydrogen) atoms. The first-order valence-electron chi connectivity index (χ1n) is 9.50. The monoisotopic (exact) mass is 393 g/mol. The van der Waals surface area contributed by atoms with Gasteiger partial charge in [0.05, 0.1) is 0 Å². The third kappa shape index (κ3) is 4.73. The number of hydrogen-bond acceptors (Lipinski definition) is 2. The maximum Gasteiger partial charge on any atom is 0.255 e. The minimum atomic E-state index is -0.140. The zero-order chi connectivity index (χ0) is 19.9. The Bertz CT molecular complexity index is 946. The highest BCUT2D eigenvalue weighted by Crippen LogP contribution is 2.24. The van der Waals surface area contributed by atoms with Gasteiger partial charge in [-0.1, -0.05) is 67.9 Å². The highest BCUT2D eigenvalue weighted by Gasteiger charge is 2.12. The van der Waals surface area contributed by atoms with Gasteiger partial charge in [-0.15, -0.1) is 0 Å². The first kappa shape index (κ1) is 20.0. The SMILES string of the molecule is CCc1cccc(CC)c1NC(=O)c1cccc(OCc2ccccc2Cl)c1. The van der Waals surface area contributed by atoms with Crippen molar-refractivity contribution in [1.29, 1.82) is 0 Å². The number of hydrogen-bond donors (Lipinski definition) is 1. The number of carbonyl (C=O) groups is 1. The molecule has 3 aromatic carbocycles. The largest absolute Gasteiger partial charge is 0.489 e. The van der Waals surface area contributed by atoms with Crippen LogP contribution in [0.4, 0.5) is 5.69 Å². The summed E-state index contributed by atoms with van der Waals surface area (Å²) in [6.45, 7) is 4.53. The van der Waals surface area contributed by atoms with Crippen LogP contribution in [0.25, 0.3) is 0 Å². The molecule has 0 aromatic heterocycles. The Labute approximate surface area is 171 Å². The molecule has 144 valence electrons. The van der Waals surface area contributed by atoms with Gasteiger partial charge < -0.3 is 10.1 Å². The summed E-state index contributed by atoms with van der Waals surface area (Å²) in [5, 5.41) is 3.76. The number of rotatable bonds is 7. The third-order valence-corrected chi connectivity index (χ3v) is 5.05. The Balaban J connectivity index is 1.75. The average Bonchev–Trinajstić information content (AvgIpc) is 2.73. The smallest absolute Gasteiger partial charge is 0.255 e. The quantitative estimate of drug-likeness (QED) is 0.511. The lowest BCUT2D eigenvalue weighted by Gasteiger charge is -2.15. The molecule has 3 nitrogen and oxygen atoms in total. The van der Waals surface area contributed by atoms with Crippen molar-refractivity contribution in [2.45, 2.75) is 33.3 Å². The van der Waals surface area contributed by atoms with Crippen molar-refractivity contribution in [3.63, 3.8) is 0 Å². The topological polar surface area (TPSA) is 38.3 Å². The van der Waals surface area contributed by atoms with Crippen molar-refractivity contribution in [3.8, 4) is 5.75 Å². The first-order valence-corrected chi connectivity index (χ1v) is 9.88. The summed E-state index contributed by atoms with van der Waals surface area (Å²) in [5.41, 5.74) is 4.66. The lowest BCUT2D eigenvalue weighted by molar-refractivity contribution is 0.102. The summed E-state index contributed by atoms with van der Waals surface area (Å²) in [5.74, 6) is 0.492. The molecule has 0 atom stereocenters. The predicted molar refractivity (Wildman–Crippen MR) is 115 cm³/mol. The van der Waals surface area contributed by atoms with Crippen LogP contribution in [0.1, 0.15) is 40.9 Å². The van der Waals surface area contributed by atoms with Crippen molar-refractivity contribution in [2.75, 3.05) is 5.32 Å². The van der Waals surface area contributed by atoms with Gasteiger partial charge >= 0.3 is 0 Å². The van der Waals surface area contributed by atoms with Crippen LogP contribution < -0.4 is 10.1 Å². The summed E-state index contributed by atoms with van der Waals surface area (Å²) in [7, 11) is 0. The molecule has 0 unspecified atom stereocenters. The normalized spacial score (nSPS) is 10.5. The lowest BCUT2D eigenvalue weighted by atomic mass is 10.0. The molecule has 0 aliphatic carbocycles. The Morgan fingerprint density at radius 2 is 1.54 bits per heavy atom. The Morgan fingerprint density at radius 3 is 2.21 bits per heavy atom. The van der Waals surface area contributed by atoms with Crippen LogP contribution in [0.3, 0.4) is 0 Å². The van der Waals surface area contributed by atoms with Crippen molar-refractivity contribution >= 4 is 23.2 Å². The van der Waals surface area contributed by atoms with Gasteiger partial charge in [-0.2, -0.15) is 0 Å². The zero-order valence-electron chi connectivity index (χ0n) is 16.2. The van der Waals surface area contributed by atoms with Crippen LogP contribution >= 0.6 is 11.6 Å². The number of nitrogens with one attached hydrogen (secondary N) is 1. The van der Waals surface area contributed by atoms with Gasteiger partial charge in [0.25, 0.3) is 5.91 Å². The molecule has 0 aliphatic heterocycles. The molecule has 0 bridgehead atoms. The predicted octanol–water partition coefficient (Wildman–Crippen LogP) is 6.30. The minimum absolute atomic E-state index is 0.140. The molecule has 0 fully saturated rings. The molecule has 1 amide bonds. The maximum absolute atomic E-state index is 12.8. The molecule has 1 N–H and O–H groups in total. The second kappa shape index (κ2) is 9.43. The van der Waals surface area contributed by atoms with E-state index in [1.165, 1.54) is 0 Å². The fourth-order valence-electron chi connectivity index (χ4n) is 3.09. The van der Waals surface area contributed by atoms with Crippen LogP contribution in [0.2, 0.25) is 5.02 Å². The molecule has 0 saturated carbocycles.